The smallest absolute Gasteiger partial charge is 0.260 e. The van der Waals surface area contributed by atoms with Gasteiger partial charge in [0.2, 0.25) is 0 Å². The Morgan fingerprint density at radius 2 is 1.58 bits per heavy atom. The summed E-state index contributed by atoms with van der Waals surface area (Å²) >= 11 is 5.73. The van der Waals surface area contributed by atoms with E-state index in [4.69, 9.17) is 27.3 Å². The first kappa shape index (κ1) is 21.6. The lowest BCUT2D eigenvalue weighted by molar-refractivity contribution is -0.000642. The number of carbonyl (C=O) groups excluding carboxylic acids is 3. The molecule has 1 fully saturated rings. The van der Waals surface area contributed by atoms with Crippen LogP contribution in [0.2, 0.25) is 5.02 Å². The molecule has 4 rings (SSSR count). The SMILES string of the molecule is [B]C([B])(N1C(=O)c2ccccc2C1=O)C1(F)CCN(C(=O)c2ccc(F)c(Cl)c2)CC1. The second-order valence-corrected chi connectivity index (χ2v) is 8.11. The summed E-state index contributed by atoms with van der Waals surface area (Å²) in [6, 6.07) is 9.63. The van der Waals surface area contributed by atoms with E-state index in [1.165, 1.54) is 29.2 Å². The number of rotatable bonds is 3. The largest absolute Gasteiger partial charge is 0.338 e. The quantitative estimate of drug-likeness (QED) is 0.547. The minimum Gasteiger partial charge on any atom is -0.338 e. The van der Waals surface area contributed by atoms with Crippen LogP contribution in [0.5, 0.6) is 0 Å². The van der Waals surface area contributed by atoms with E-state index in [1.54, 1.807) is 12.1 Å². The number of nitrogens with zero attached hydrogens (tertiary/aromatic N) is 2. The molecule has 2 aromatic carbocycles. The van der Waals surface area contributed by atoms with E-state index >= 15 is 4.39 Å². The van der Waals surface area contributed by atoms with Crippen molar-refractivity contribution in [3.8, 4) is 0 Å². The molecule has 31 heavy (non-hydrogen) atoms. The van der Waals surface area contributed by atoms with Gasteiger partial charge in [-0.1, -0.05) is 23.7 Å². The standard InChI is InChI=1S/C21H15B2ClF2N2O3/c22-21(23,28-18(30)13-3-1-2-4-14(13)19(28)31)20(26)7-9-27(10-8-20)17(29)12-5-6-16(25)15(24)11-12/h1-6,11H,7-10H2. The third-order valence-corrected chi connectivity index (χ3v) is 6.18. The number of benzene rings is 2. The van der Waals surface area contributed by atoms with Crippen LogP contribution in [-0.4, -0.2) is 67.3 Å². The summed E-state index contributed by atoms with van der Waals surface area (Å²) in [6.07, 6.45) is -0.595. The number of alkyl halides is 1. The van der Waals surface area contributed by atoms with E-state index in [1.807, 2.05) is 0 Å². The van der Waals surface area contributed by atoms with Gasteiger partial charge in [0.15, 0.2) is 0 Å². The van der Waals surface area contributed by atoms with Crippen molar-refractivity contribution in [1.82, 2.24) is 9.80 Å². The molecule has 2 aliphatic rings. The van der Waals surface area contributed by atoms with Crippen LogP contribution in [0.3, 0.4) is 0 Å². The zero-order valence-corrected chi connectivity index (χ0v) is 17.0. The molecule has 10 heteroatoms. The maximum Gasteiger partial charge on any atom is 0.260 e. The van der Waals surface area contributed by atoms with Gasteiger partial charge in [-0.15, -0.1) is 0 Å². The van der Waals surface area contributed by atoms with Crippen molar-refractivity contribution < 1.29 is 23.2 Å². The molecule has 1 saturated heterocycles. The summed E-state index contributed by atoms with van der Waals surface area (Å²) in [6.45, 7) is -0.132. The Hall–Kier alpha value is -2.67. The molecule has 3 amide bonds. The van der Waals surface area contributed by atoms with Crippen LogP contribution < -0.4 is 0 Å². The molecule has 0 saturated carbocycles. The second kappa shape index (κ2) is 7.48. The van der Waals surface area contributed by atoms with Crippen LogP contribution in [0.25, 0.3) is 0 Å². The topological polar surface area (TPSA) is 57.7 Å². The minimum absolute atomic E-state index is 0.0658. The first-order chi connectivity index (χ1) is 14.6. The molecule has 0 spiro atoms. The van der Waals surface area contributed by atoms with Gasteiger partial charge in [0, 0.05) is 24.0 Å². The van der Waals surface area contributed by atoms with Crippen LogP contribution in [0.1, 0.15) is 43.9 Å². The number of carbonyl (C=O) groups is 3. The van der Waals surface area contributed by atoms with Gasteiger partial charge in [-0.05, 0) is 43.2 Å². The zero-order valence-electron chi connectivity index (χ0n) is 16.3. The fraction of sp³-hybridized carbons (Fsp3) is 0.286. The van der Waals surface area contributed by atoms with E-state index in [0.29, 0.717) is 4.90 Å². The van der Waals surface area contributed by atoms with E-state index in [2.05, 4.69) is 0 Å². The molecule has 0 atom stereocenters. The molecule has 0 N–H and O–H groups in total. The third kappa shape index (κ3) is 3.35. The summed E-state index contributed by atoms with van der Waals surface area (Å²) in [5.74, 6) is -2.63. The average Bonchev–Trinajstić information content (AvgIpc) is 3.01. The Labute approximate surface area is 185 Å². The number of hydrogen-bond donors (Lipinski definition) is 0. The van der Waals surface area contributed by atoms with Crippen LogP contribution in [0, 0.1) is 5.82 Å². The number of fused-ring (bicyclic) bond motifs is 1. The number of halogens is 3. The van der Waals surface area contributed by atoms with Gasteiger partial charge in [0.1, 0.15) is 11.5 Å². The van der Waals surface area contributed by atoms with Crippen LogP contribution in [0.15, 0.2) is 42.5 Å². The maximum absolute atomic E-state index is 15.9. The van der Waals surface area contributed by atoms with Gasteiger partial charge in [0.25, 0.3) is 17.7 Å². The van der Waals surface area contributed by atoms with Gasteiger partial charge >= 0.3 is 0 Å². The molecule has 0 aliphatic carbocycles. The van der Waals surface area contributed by atoms with Crippen molar-refractivity contribution in [3.05, 3.63) is 70.0 Å². The predicted octanol–water partition coefficient (Wildman–Crippen LogP) is 2.71. The predicted molar refractivity (Wildman–Crippen MR) is 112 cm³/mol. The van der Waals surface area contributed by atoms with E-state index in [-0.39, 0.29) is 47.6 Å². The maximum atomic E-state index is 15.9. The molecule has 2 aromatic rings. The molecule has 2 aliphatic heterocycles. The summed E-state index contributed by atoms with van der Waals surface area (Å²) in [4.78, 5) is 40.1. The summed E-state index contributed by atoms with van der Waals surface area (Å²) in [5.41, 5.74) is -1.95. The van der Waals surface area contributed by atoms with Crippen molar-refractivity contribution in [3.63, 3.8) is 0 Å². The fourth-order valence-electron chi connectivity index (χ4n) is 4.00. The molecule has 154 valence electrons. The van der Waals surface area contributed by atoms with Crippen LogP contribution in [0.4, 0.5) is 8.78 Å². The number of hydrogen-bond acceptors (Lipinski definition) is 3. The Bertz CT molecular complexity index is 1070. The Kier molecular flexibility index (Phi) is 5.20. The lowest BCUT2D eigenvalue weighted by Gasteiger charge is -2.50. The lowest BCUT2D eigenvalue weighted by atomic mass is 9.50. The zero-order chi connectivity index (χ0) is 22.6. The highest BCUT2D eigenvalue weighted by Crippen LogP contribution is 2.41. The molecule has 4 radical (unpaired) electrons. The van der Waals surface area contributed by atoms with Crippen LogP contribution >= 0.6 is 11.6 Å². The highest BCUT2D eigenvalue weighted by Gasteiger charge is 2.55. The number of imide groups is 1. The molecular formula is C21H15B2ClF2N2O3. The first-order valence-electron chi connectivity index (χ1n) is 9.56. The molecule has 0 unspecified atom stereocenters. The van der Waals surface area contributed by atoms with E-state index < -0.39 is 34.5 Å². The van der Waals surface area contributed by atoms with Gasteiger partial charge in [-0.2, -0.15) is 0 Å². The van der Waals surface area contributed by atoms with Crippen molar-refractivity contribution >= 4 is 45.0 Å². The van der Waals surface area contributed by atoms with Gasteiger partial charge in [-0.25, -0.2) is 8.78 Å². The number of likely N-dealkylation sites (tertiary alicyclic amines) is 1. The first-order valence-corrected chi connectivity index (χ1v) is 9.93. The van der Waals surface area contributed by atoms with E-state index in [0.717, 1.165) is 6.07 Å². The minimum atomic E-state index is -2.41. The molecule has 0 bridgehead atoms. The van der Waals surface area contributed by atoms with Gasteiger partial charge < -0.3 is 4.90 Å². The normalized spacial score (nSPS) is 18.3. The molecule has 5 nitrogen and oxygen atoms in total. The highest BCUT2D eigenvalue weighted by atomic mass is 35.5. The Morgan fingerprint density at radius 3 is 2.10 bits per heavy atom. The molecule has 0 aromatic heterocycles. The highest BCUT2D eigenvalue weighted by molar-refractivity contribution is 6.45. The number of piperidine rings is 1. The van der Waals surface area contributed by atoms with Gasteiger partial charge in [0.05, 0.1) is 31.8 Å². The summed E-state index contributed by atoms with van der Waals surface area (Å²) in [5, 5.41) is -2.61. The summed E-state index contributed by atoms with van der Waals surface area (Å²) in [7, 11) is 12.2. The van der Waals surface area contributed by atoms with Crippen molar-refractivity contribution in [1.29, 1.82) is 0 Å². The summed E-state index contributed by atoms with van der Waals surface area (Å²) < 4.78 is 29.3. The fourth-order valence-corrected chi connectivity index (χ4v) is 4.18. The third-order valence-electron chi connectivity index (χ3n) is 5.89. The molecule has 2 heterocycles. The van der Waals surface area contributed by atoms with Crippen molar-refractivity contribution in [2.24, 2.45) is 0 Å². The van der Waals surface area contributed by atoms with Gasteiger partial charge in [-0.3, -0.25) is 19.3 Å². The van der Waals surface area contributed by atoms with E-state index in [9.17, 15) is 18.8 Å². The Balaban J connectivity index is 1.52. The van der Waals surface area contributed by atoms with Crippen molar-refractivity contribution in [2.75, 3.05) is 13.1 Å². The second-order valence-electron chi connectivity index (χ2n) is 7.70. The number of amides is 3. The Morgan fingerprint density at radius 1 is 1.03 bits per heavy atom. The van der Waals surface area contributed by atoms with Crippen molar-refractivity contribution in [2.45, 2.75) is 23.8 Å². The molecular weight excluding hydrogens is 423 g/mol. The monoisotopic (exact) mass is 438 g/mol. The van der Waals surface area contributed by atoms with Crippen LogP contribution in [-0.2, 0) is 0 Å². The lowest BCUT2D eigenvalue weighted by Crippen LogP contribution is -2.67. The average molecular weight is 438 g/mol.